The van der Waals surface area contributed by atoms with Gasteiger partial charge in [0.15, 0.2) is 11.4 Å². The van der Waals surface area contributed by atoms with Gasteiger partial charge < -0.3 is 10.4 Å². The first-order valence-electron chi connectivity index (χ1n) is 7.03. The Morgan fingerprint density at radius 1 is 1.27 bits per heavy atom. The van der Waals surface area contributed by atoms with E-state index in [9.17, 15) is 14.7 Å². The summed E-state index contributed by atoms with van der Waals surface area (Å²) in [6.07, 6.45) is 6.81. The molecular formula is C16H15N3O3. The zero-order valence-corrected chi connectivity index (χ0v) is 11.8. The Kier molecular flexibility index (Phi) is 3.74. The van der Waals surface area contributed by atoms with E-state index in [4.69, 9.17) is 0 Å². The molecule has 2 N–H and O–H groups in total. The fourth-order valence-corrected chi connectivity index (χ4v) is 2.25. The number of carbonyl (C=O) groups excluding carboxylic acids is 1. The molecule has 2 aromatic rings. The van der Waals surface area contributed by atoms with Crippen LogP contribution in [0.15, 0.2) is 41.3 Å². The number of hydrogen-bond donors (Lipinski definition) is 2. The fourth-order valence-electron chi connectivity index (χ4n) is 2.25. The van der Waals surface area contributed by atoms with Crippen molar-refractivity contribution in [3.63, 3.8) is 0 Å². The second kappa shape index (κ2) is 5.85. The van der Waals surface area contributed by atoms with Crippen LogP contribution in [-0.4, -0.2) is 27.3 Å². The monoisotopic (exact) mass is 297 g/mol. The van der Waals surface area contributed by atoms with Gasteiger partial charge in [-0.25, -0.2) is 4.68 Å². The minimum atomic E-state index is -0.766. The Morgan fingerprint density at radius 2 is 2.14 bits per heavy atom. The van der Waals surface area contributed by atoms with Gasteiger partial charge in [0, 0.05) is 6.54 Å². The first-order valence-corrected chi connectivity index (χ1v) is 7.03. The van der Waals surface area contributed by atoms with Crippen molar-refractivity contribution in [2.24, 2.45) is 0 Å². The zero-order chi connectivity index (χ0) is 15.5. The molecule has 3 rings (SSSR count). The third-order valence-electron chi connectivity index (χ3n) is 3.39. The van der Waals surface area contributed by atoms with E-state index in [2.05, 4.69) is 10.4 Å². The number of nitrogens with one attached hydrogen (secondary N) is 1. The van der Waals surface area contributed by atoms with Gasteiger partial charge in [0.05, 0.1) is 11.9 Å². The van der Waals surface area contributed by atoms with Crippen LogP contribution in [0.2, 0.25) is 0 Å². The van der Waals surface area contributed by atoms with Gasteiger partial charge in [0.25, 0.3) is 11.3 Å². The maximum atomic E-state index is 12.1. The van der Waals surface area contributed by atoms with Gasteiger partial charge in [-0.2, -0.15) is 5.10 Å². The maximum Gasteiger partial charge on any atom is 0.275 e. The first-order chi connectivity index (χ1) is 10.6. The number of hydrogen-bond acceptors (Lipinski definition) is 4. The molecule has 2 heterocycles. The SMILES string of the molecule is O=C1NCCC/C=C\c2cccc(c2)-n2cc(O)c(=O)c1n2. The average molecular weight is 297 g/mol. The number of aromatic nitrogens is 2. The number of benzene rings is 1. The molecule has 1 aliphatic rings. The van der Waals surface area contributed by atoms with E-state index in [-0.39, 0.29) is 5.69 Å². The van der Waals surface area contributed by atoms with Gasteiger partial charge in [0.2, 0.25) is 0 Å². The highest BCUT2D eigenvalue weighted by Gasteiger charge is 2.17. The largest absolute Gasteiger partial charge is 0.503 e. The summed E-state index contributed by atoms with van der Waals surface area (Å²) in [6, 6.07) is 7.46. The minimum Gasteiger partial charge on any atom is -0.503 e. The lowest BCUT2D eigenvalue weighted by molar-refractivity contribution is 0.0944. The summed E-state index contributed by atoms with van der Waals surface area (Å²) >= 11 is 0. The molecule has 0 saturated carbocycles. The molecule has 1 aromatic heterocycles. The normalized spacial score (nSPS) is 15.9. The van der Waals surface area contributed by atoms with Crippen molar-refractivity contribution < 1.29 is 9.90 Å². The van der Waals surface area contributed by atoms with Crippen LogP contribution in [-0.2, 0) is 0 Å². The Hall–Kier alpha value is -2.89. The summed E-state index contributed by atoms with van der Waals surface area (Å²) in [6.45, 7) is 0.442. The van der Waals surface area contributed by atoms with Crippen LogP contribution < -0.4 is 10.7 Å². The van der Waals surface area contributed by atoms with Crippen LogP contribution in [0.3, 0.4) is 0 Å². The lowest BCUT2D eigenvalue weighted by Crippen LogP contribution is -2.32. The predicted octanol–water partition coefficient (Wildman–Crippen LogP) is 1.47. The molecule has 0 radical (unpaired) electrons. The molecule has 1 aromatic carbocycles. The van der Waals surface area contributed by atoms with Crippen LogP contribution in [0.4, 0.5) is 0 Å². The van der Waals surface area contributed by atoms with Crippen LogP contribution in [0.5, 0.6) is 5.75 Å². The van der Waals surface area contributed by atoms with Crippen molar-refractivity contribution in [3.8, 4) is 11.4 Å². The summed E-state index contributed by atoms with van der Waals surface area (Å²) in [5, 5.41) is 16.5. The molecule has 0 aliphatic carbocycles. The number of aromatic hydroxyl groups is 1. The molecule has 4 bridgehead atoms. The van der Waals surface area contributed by atoms with Crippen LogP contribution in [0, 0.1) is 0 Å². The smallest absolute Gasteiger partial charge is 0.275 e. The standard InChI is InChI=1S/C16H15N3O3/c20-13-10-19-12-7-4-6-11(9-12)5-2-1-3-8-17-16(22)14(18-19)15(13)21/h2,4-7,9-10,20H,1,3,8H2,(H,17,22)/b5-2-. The number of fused-ring (bicyclic) bond motifs is 5. The highest BCUT2D eigenvalue weighted by molar-refractivity contribution is 5.92. The lowest BCUT2D eigenvalue weighted by atomic mass is 10.1. The number of amides is 1. The zero-order valence-electron chi connectivity index (χ0n) is 11.8. The maximum absolute atomic E-state index is 12.1. The van der Waals surface area contributed by atoms with E-state index in [1.165, 1.54) is 10.9 Å². The molecule has 22 heavy (non-hydrogen) atoms. The fraction of sp³-hybridized carbons (Fsp3) is 0.188. The predicted molar refractivity (Wildman–Crippen MR) is 82.1 cm³/mol. The first kappa shape index (κ1) is 14.1. The summed E-state index contributed by atoms with van der Waals surface area (Å²) in [5.74, 6) is -1.08. The minimum absolute atomic E-state index is 0.308. The molecule has 1 amide bonds. The molecule has 6 nitrogen and oxygen atoms in total. The molecule has 0 unspecified atom stereocenters. The third-order valence-corrected chi connectivity index (χ3v) is 3.39. The van der Waals surface area contributed by atoms with E-state index >= 15 is 0 Å². The van der Waals surface area contributed by atoms with E-state index in [1.54, 1.807) is 6.07 Å². The van der Waals surface area contributed by atoms with Crippen molar-refractivity contribution in [1.29, 1.82) is 0 Å². The molecule has 0 spiro atoms. The topological polar surface area (TPSA) is 84.2 Å². The second-order valence-corrected chi connectivity index (χ2v) is 5.03. The van der Waals surface area contributed by atoms with Gasteiger partial charge >= 0.3 is 0 Å². The van der Waals surface area contributed by atoms with Crippen molar-refractivity contribution in [3.05, 3.63) is 58.0 Å². The quantitative estimate of drug-likeness (QED) is 0.771. The number of allylic oxidation sites excluding steroid dienone is 1. The number of nitrogens with zero attached hydrogens (tertiary/aromatic N) is 2. The molecule has 0 fully saturated rings. The van der Waals surface area contributed by atoms with Crippen molar-refractivity contribution in [2.45, 2.75) is 12.8 Å². The summed E-state index contributed by atoms with van der Waals surface area (Å²) in [5.41, 5.74) is 0.568. The van der Waals surface area contributed by atoms with Crippen LogP contribution in [0.1, 0.15) is 28.9 Å². The Balaban J connectivity index is 2.19. The van der Waals surface area contributed by atoms with E-state index in [0.29, 0.717) is 12.2 Å². The van der Waals surface area contributed by atoms with E-state index < -0.39 is 17.1 Å². The number of rotatable bonds is 0. The van der Waals surface area contributed by atoms with Gasteiger partial charge in [-0.15, -0.1) is 0 Å². The summed E-state index contributed by atoms with van der Waals surface area (Å²) < 4.78 is 1.33. The molecule has 1 aliphatic heterocycles. The number of carbonyl (C=O) groups is 1. The molecule has 112 valence electrons. The van der Waals surface area contributed by atoms with E-state index in [1.807, 2.05) is 30.4 Å². The molecule has 6 heteroatoms. The highest BCUT2D eigenvalue weighted by Crippen LogP contribution is 2.14. The Morgan fingerprint density at radius 3 is 3.00 bits per heavy atom. The average Bonchev–Trinajstić information content (AvgIpc) is 2.53. The van der Waals surface area contributed by atoms with Crippen molar-refractivity contribution in [2.75, 3.05) is 6.54 Å². The van der Waals surface area contributed by atoms with Gasteiger partial charge in [-0.3, -0.25) is 9.59 Å². The van der Waals surface area contributed by atoms with Gasteiger partial charge in [0.1, 0.15) is 0 Å². The summed E-state index contributed by atoms with van der Waals surface area (Å²) in [7, 11) is 0. The van der Waals surface area contributed by atoms with Gasteiger partial charge in [-0.1, -0.05) is 24.3 Å². The van der Waals surface area contributed by atoms with Crippen LogP contribution >= 0.6 is 0 Å². The van der Waals surface area contributed by atoms with Crippen molar-refractivity contribution in [1.82, 2.24) is 15.1 Å². The lowest BCUT2D eigenvalue weighted by Gasteiger charge is -2.09. The molecule has 0 atom stereocenters. The Bertz CT molecular complexity index is 809. The van der Waals surface area contributed by atoms with Crippen LogP contribution in [0.25, 0.3) is 11.8 Å². The molecular weight excluding hydrogens is 282 g/mol. The van der Waals surface area contributed by atoms with E-state index in [0.717, 1.165) is 18.4 Å². The second-order valence-electron chi connectivity index (χ2n) is 5.03. The highest BCUT2D eigenvalue weighted by atomic mass is 16.3. The van der Waals surface area contributed by atoms with Gasteiger partial charge in [-0.05, 0) is 30.5 Å². The Labute approximate surface area is 126 Å². The van der Waals surface area contributed by atoms with Crippen molar-refractivity contribution >= 4 is 12.0 Å². The molecule has 0 saturated heterocycles. The third kappa shape index (κ3) is 2.76. The summed E-state index contributed by atoms with van der Waals surface area (Å²) in [4.78, 5) is 24.0.